The van der Waals surface area contributed by atoms with Crippen molar-refractivity contribution in [2.45, 2.75) is 6.42 Å². The molecule has 1 amide bonds. The van der Waals surface area contributed by atoms with Gasteiger partial charge in [-0.3, -0.25) is 9.89 Å². The maximum absolute atomic E-state index is 11.4. The van der Waals surface area contributed by atoms with E-state index in [1.54, 1.807) is 6.26 Å². The van der Waals surface area contributed by atoms with E-state index in [2.05, 4.69) is 20.5 Å². The lowest BCUT2D eigenvalue weighted by molar-refractivity contribution is 0.0944. The van der Waals surface area contributed by atoms with Gasteiger partial charge in [-0.25, -0.2) is 4.98 Å². The monoisotopic (exact) mass is 206 g/mol. The molecule has 78 valence electrons. The van der Waals surface area contributed by atoms with Gasteiger partial charge in [0.1, 0.15) is 12.1 Å². The minimum atomic E-state index is -0.265. The maximum atomic E-state index is 11.4. The lowest BCUT2D eigenvalue weighted by Crippen LogP contribution is -2.26. The van der Waals surface area contributed by atoms with Crippen molar-refractivity contribution >= 4 is 5.91 Å². The first-order chi connectivity index (χ1) is 7.36. The van der Waals surface area contributed by atoms with Crippen molar-refractivity contribution in [3.8, 4) is 0 Å². The van der Waals surface area contributed by atoms with Crippen molar-refractivity contribution in [2.24, 2.45) is 0 Å². The number of carbonyl (C=O) groups is 1. The summed E-state index contributed by atoms with van der Waals surface area (Å²) in [5.41, 5.74) is 0. The summed E-state index contributed by atoms with van der Waals surface area (Å²) < 4.78 is 5.12. The van der Waals surface area contributed by atoms with Crippen molar-refractivity contribution < 1.29 is 9.21 Å². The molecule has 2 N–H and O–H groups in total. The van der Waals surface area contributed by atoms with Crippen LogP contribution in [0.25, 0.3) is 0 Å². The van der Waals surface area contributed by atoms with Gasteiger partial charge in [0.05, 0.1) is 6.26 Å². The highest BCUT2D eigenvalue weighted by atomic mass is 16.3. The lowest BCUT2D eigenvalue weighted by Gasteiger charge is -2.00. The number of amides is 1. The Kier molecular flexibility index (Phi) is 2.77. The fraction of sp³-hybridized carbons (Fsp3) is 0.222. The molecule has 0 aliphatic carbocycles. The highest BCUT2D eigenvalue weighted by Crippen LogP contribution is 1.99. The maximum Gasteiger partial charge on any atom is 0.288 e. The molecule has 0 bridgehead atoms. The van der Waals surface area contributed by atoms with E-state index in [0.717, 1.165) is 5.76 Å². The number of rotatable bonds is 4. The smallest absolute Gasteiger partial charge is 0.288 e. The first-order valence-corrected chi connectivity index (χ1v) is 4.52. The van der Waals surface area contributed by atoms with E-state index < -0.39 is 0 Å². The summed E-state index contributed by atoms with van der Waals surface area (Å²) in [5.74, 6) is 0.793. The van der Waals surface area contributed by atoms with Crippen molar-refractivity contribution in [1.82, 2.24) is 20.5 Å². The summed E-state index contributed by atoms with van der Waals surface area (Å²) in [6.45, 7) is 0.507. The quantitative estimate of drug-likeness (QED) is 0.757. The Bertz CT molecular complexity index is 407. The van der Waals surface area contributed by atoms with E-state index in [1.807, 2.05) is 12.1 Å². The highest BCUT2D eigenvalue weighted by Gasteiger charge is 2.07. The Hall–Kier alpha value is -2.11. The van der Waals surface area contributed by atoms with E-state index in [4.69, 9.17) is 4.42 Å². The van der Waals surface area contributed by atoms with Gasteiger partial charge in [-0.2, -0.15) is 5.10 Å². The van der Waals surface area contributed by atoms with Gasteiger partial charge in [0, 0.05) is 13.0 Å². The van der Waals surface area contributed by atoms with Crippen LogP contribution in [0.4, 0.5) is 0 Å². The molecule has 2 aromatic heterocycles. The molecule has 0 atom stereocenters. The van der Waals surface area contributed by atoms with Crippen LogP contribution >= 0.6 is 0 Å². The molecule has 0 aliphatic rings. The first-order valence-electron chi connectivity index (χ1n) is 4.52. The van der Waals surface area contributed by atoms with Gasteiger partial charge >= 0.3 is 0 Å². The average molecular weight is 206 g/mol. The summed E-state index contributed by atoms with van der Waals surface area (Å²) in [6.07, 6.45) is 3.56. The third kappa shape index (κ3) is 2.43. The predicted molar refractivity (Wildman–Crippen MR) is 51.1 cm³/mol. The van der Waals surface area contributed by atoms with Crippen LogP contribution in [-0.2, 0) is 6.42 Å². The lowest BCUT2D eigenvalue weighted by atomic mass is 10.3. The molecule has 6 nitrogen and oxygen atoms in total. The van der Waals surface area contributed by atoms with Crippen molar-refractivity contribution in [3.63, 3.8) is 0 Å². The van der Waals surface area contributed by atoms with Gasteiger partial charge < -0.3 is 9.73 Å². The molecule has 0 radical (unpaired) electrons. The number of nitrogens with zero attached hydrogens (tertiary/aromatic N) is 2. The molecule has 2 aromatic rings. The predicted octanol–water partition coefficient (Wildman–Crippen LogP) is 0.370. The first kappa shape index (κ1) is 9.45. The fourth-order valence-electron chi connectivity index (χ4n) is 1.15. The fourth-order valence-corrected chi connectivity index (χ4v) is 1.15. The Morgan fingerprint density at radius 3 is 3.20 bits per heavy atom. The zero-order valence-electron chi connectivity index (χ0n) is 7.93. The summed E-state index contributed by atoms with van der Waals surface area (Å²) in [4.78, 5) is 15.1. The van der Waals surface area contributed by atoms with E-state index in [1.165, 1.54) is 6.33 Å². The molecule has 0 aliphatic heterocycles. The molecule has 0 fully saturated rings. The Morgan fingerprint density at radius 2 is 2.53 bits per heavy atom. The SMILES string of the molecule is O=C(NCCc1ccco1)c1ncn[nH]1. The minimum Gasteiger partial charge on any atom is -0.469 e. The second kappa shape index (κ2) is 4.41. The van der Waals surface area contributed by atoms with Crippen LogP contribution in [0.1, 0.15) is 16.4 Å². The van der Waals surface area contributed by atoms with Gasteiger partial charge in [-0.05, 0) is 12.1 Å². The molecular formula is C9H10N4O2. The number of aromatic nitrogens is 3. The molecule has 0 spiro atoms. The molecule has 15 heavy (non-hydrogen) atoms. The van der Waals surface area contributed by atoms with Crippen LogP contribution in [0.15, 0.2) is 29.1 Å². The normalized spacial score (nSPS) is 10.1. The number of hydrogen-bond acceptors (Lipinski definition) is 4. The van der Waals surface area contributed by atoms with Gasteiger partial charge in [0.25, 0.3) is 5.91 Å². The Labute approximate surface area is 85.7 Å². The Balaban J connectivity index is 1.77. The van der Waals surface area contributed by atoms with Crippen molar-refractivity contribution in [3.05, 3.63) is 36.3 Å². The van der Waals surface area contributed by atoms with Gasteiger partial charge in [0.15, 0.2) is 0 Å². The molecule has 0 unspecified atom stereocenters. The molecule has 2 rings (SSSR count). The second-order valence-corrected chi connectivity index (χ2v) is 2.92. The van der Waals surface area contributed by atoms with Crippen LogP contribution in [0, 0.1) is 0 Å². The van der Waals surface area contributed by atoms with Crippen LogP contribution in [0.5, 0.6) is 0 Å². The summed E-state index contributed by atoms with van der Waals surface area (Å²) in [6, 6.07) is 3.67. The standard InChI is InChI=1S/C9H10N4O2/c14-9(8-11-6-12-13-8)10-4-3-7-2-1-5-15-7/h1-2,5-6H,3-4H2,(H,10,14)(H,11,12,13). The number of nitrogens with one attached hydrogen (secondary N) is 2. The molecule has 0 aromatic carbocycles. The highest BCUT2D eigenvalue weighted by molar-refractivity contribution is 5.90. The number of H-pyrrole nitrogens is 1. The van der Waals surface area contributed by atoms with Gasteiger partial charge in [-0.15, -0.1) is 0 Å². The number of furan rings is 1. The van der Waals surface area contributed by atoms with Crippen LogP contribution in [0.3, 0.4) is 0 Å². The molecule has 2 heterocycles. The van der Waals surface area contributed by atoms with Crippen LogP contribution in [-0.4, -0.2) is 27.6 Å². The number of aromatic amines is 1. The van der Waals surface area contributed by atoms with Crippen LogP contribution < -0.4 is 5.32 Å². The van der Waals surface area contributed by atoms with E-state index in [-0.39, 0.29) is 11.7 Å². The largest absolute Gasteiger partial charge is 0.469 e. The van der Waals surface area contributed by atoms with E-state index >= 15 is 0 Å². The third-order valence-electron chi connectivity index (χ3n) is 1.87. The van der Waals surface area contributed by atoms with E-state index in [9.17, 15) is 4.79 Å². The topological polar surface area (TPSA) is 83.8 Å². The summed E-state index contributed by atoms with van der Waals surface area (Å²) in [7, 11) is 0. The van der Waals surface area contributed by atoms with Crippen molar-refractivity contribution in [2.75, 3.05) is 6.54 Å². The zero-order valence-corrected chi connectivity index (χ0v) is 7.93. The second-order valence-electron chi connectivity index (χ2n) is 2.92. The molecular weight excluding hydrogens is 196 g/mol. The van der Waals surface area contributed by atoms with Gasteiger partial charge in [0.2, 0.25) is 5.82 Å². The third-order valence-corrected chi connectivity index (χ3v) is 1.87. The number of hydrogen-bond donors (Lipinski definition) is 2. The Morgan fingerprint density at radius 1 is 1.60 bits per heavy atom. The summed E-state index contributed by atoms with van der Waals surface area (Å²) >= 11 is 0. The summed E-state index contributed by atoms with van der Waals surface area (Å²) in [5, 5.41) is 8.76. The number of carbonyl (C=O) groups excluding carboxylic acids is 1. The molecule has 0 saturated carbocycles. The average Bonchev–Trinajstić information content (AvgIpc) is 2.90. The van der Waals surface area contributed by atoms with E-state index in [0.29, 0.717) is 13.0 Å². The van der Waals surface area contributed by atoms with Crippen LogP contribution in [0.2, 0.25) is 0 Å². The molecule has 0 saturated heterocycles. The zero-order chi connectivity index (χ0) is 10.5. The van der Waals surface area contributed by atoms with Gasteiger partial charge in [-0.1, -0.05) is 0 Å². The minimum absolute atomic E-state index is 0.217. The van der Waals surface area contributed by atoms with Crippen molar-refractivity contribution in [1.29, 1.82) is 0 Å². The molecule has 6 heteroatoms.